The molecule has 2 aromatic heterocycles. The van der Waals surface area contributed by atoms with Crippen LogP contribution in [-0.4, -0.2) is 20.2 Å². The minimum Gasteiger partial charge on any atom is -0.277 e. The Hall–Kier alpha value is -2.23. The third-order valence-corrected chi connectivity index (χ3v) is 2.96. The van der Waals surface area contributed by atoms with Gasteiger partial charge in [0.2, 0.25) is 0 Å². The number of hydrogen-bond donors (Lipinski definition) is 1. The van der Waals surface area contributed by atoms with Gasteiger partial charge in [-0.25, -0.2) is 9.97 Å². The fourth-order valence-corrected chi connectivity index (χ4v) is 2.31. The maximum atomic E-state index is 4.45. The van der Waals surface area contributed by atoms with Crippen molar-refractivity contribution in [2.45, 2.75) is 6.92 Å². The lowest BCUT2D eigenvalue weighted by molar-refractivity contribution is 1.12. The molecule has 0 atom stereocenters. The van der Waals surface area contributed by atoms with E-state index in [9.17, 15) is 0 Å². The highest BCUT2D eigenvalue weighted by atomic mass is 15.1. The second-order valence-corrected chi connectivity index (χ2v) is 3.98. The average molecular weight is 208 g/mol. The van der Waals surface area contributed by atoms with Crippen molar-refractivity contribution >= 4 is 32.8 Å². The van der Waals surface area contributed by atoms with E-state index in [0.29, 0.717) is 0 Å². The van der Waals surface area contributed by atoms with Gasteiger partial charge in [0.1, 0.15) is 5.82 Å². The molecule has 2 heterocycles. The molecule has 0 spiro atoms. The van der Waals surface area contributed by atoms with Crippen LogP contribution in [0.25, 0.3) is 32.8 Å². The van der Waals surface area contributed by atoms with E-state index in [2.05, 4.69) is 20.2 Å². The molecular formula is C12H8N4. The molecule has 0 radical (unpaired) electrons. The molecule has 16 heavy (non-hydrogen) atoms. The minimum atomic E-state index is 0.804. The first-order valence-electron chi connectivity index (χ1n) is 5.16. The molecular weight excluding hydrogens is 200 g/mol. The number of aromatic nitrogens is 4. The summed E-state index contributed by atoms with van der Waals surface area (Å²) in [5.74, 6) is 0.804. The van der Waals surface area contributed by atoms with E-state index in [1.54, 1.807) is 0 Å². The van der Waals surface area contributed by atoms with E-state index in [-0.39, 0.29) is 0 Å². The van der Waals surface area contributed by atoms with E-state index < -0.39 is 0 Å². The van der Waals surface area contributed by atoms with Gasteiger partial charge in [-0.2, -0.15) is 5.10 Å². The summed E-state index contributed by atoms with van der Waals surface area (Å²) in [4.78, 5) is 8.91. The van der Waals surface area contributed by atoms with Crippen LogP contribution in [0.15, 0.2) is 24.3 Å². The van der Waals surface area contributed by atoms with Crippen molar-refractivity contribution in [1.82, 2.24) is 20.2 Å². The van der Waals surface area contributed by atoms with Gasteiger partial charge in [-0.15, -0.1) is 0 Å². The molecule has 0 amide bonds. The minimum absolute atomic E-state index is 0.804. The van der Waals surface area contributed by atoms with Crippen LogP contribution in [0.4, 0.5) is 0 Å². The normalized spacial score (nSPS) is 12.1. The van der Waals surface area contributed by atoms with Crippen LogP contribution >= 0.6 is 0 Å². The number of nitrogens with zero attached hydrogens (tertiary/aromatic N) is 3. The molecule has 4 nitrogen and oxygen atoms in total. The smallest absolute Gasteiger partial charge is 0.126 e. The summed E-state index contributed by atoms with van der Waals surface area (Å²) in [5, 5.41) is 9.53. The van der Waals surface area contributed by atoms with Gasteiger partial charge in [-0.1, -0.05) is 0 Å². The number of benzene rings is 2. The van der Waals surface area contributed by atoms with Crippen LogP contribution < -0.4 is 0 Å². The Morgan fingerprint density at radius 3 is 2.38 bits per heavy atom. The van der Waals surface area contributed by atoms with Gasteiger partial charge >= 0.3 is 0 Å². The van der Waals surface area contributed by atoms with E-state index in [0.717, 1.165) is 38.7 Å². The van der Waals surface area contributed by atoms with Crippen molar-refractivity contribution in [3.63, 3.8) is 0 Å². The zero-order chi connectivity index (χ0) is 10.7. The van der Waals surface area contributed by atoms with Gasteiger partial charge in [0, 0.05) is 10.8 Å². The van der Waals surface area contributed by atoms with Gasteiger partial charge < -0.3 is 0 Å². The molecule has 76 valence electrons. The topological polar surface area (TPSA) is 54.5 Å². The van der Waals surface area contributed by atoms with Gasteiger partial charge in [0.05, 0.1) is 22.1 Å². The summed E-state index contributed by atoms with van der Waals surface area (Å²) in [6.45, 7) is 1.92. The van der Waals surface area contributed by atoms with Crippen LogP contribution in [-0.2, 0) is 0 Å². The second kappa shape index (κ2) is 2.47. The zero-order valence-corrected chi connectivity index (χ0v) is 8.65. The predicted octanol–water partition coefficient (Wildman–Crippen LogP) is 2.41. The number of rotatable bonds is 0. The van der Waals surface area contributed by atoms with E-state index in [4.69, 9.17) is 0 Å². The van der Waals surface area contributed by atoms with Gasteiger partial charge in [0.15, 0.2) is 0 Å². The van der Waals surface area contributed by atoms with Crippen molar-refractivity contribution in [1.29, 1.82) is 0 Å². The second-order valence-electron chi connectivity index (χ2n) is 3.98. The Morgan fingerprint density at radius 1 is 0.875 bits per heavy atom. The molecule has 4 heteroatoms. The standard InChI is InChI=1S/C12H8N4/c1-6-13-7-2-4-9-12-10(16-15-9)5-3-8(14-6)11(7)12/h2-5H,1H3,(H,15,16). The third-order valence-electron chi connectivity index (χ3n) is 2.96. The summed E-state index contributed by atoms with van der Waals surface area (Å²) < 4.78 is 0. The van der Waals surface area contributed by atoms with E-state index in [1.807, 2.05) is 31.2 Å². The first kappa shape index (κ1) is 7.98. The molecule has 0 fully saturated rings. The quantitative estimate of drug-likeness (QED) is 0.482. The highest BCUT2D eigenvalue weighted by molar-refractivity contribution is 6.19. The number of hydrogen-bond acceptors (Lipinski definition) is 3. The lowest BCUT2D eigenvalue weighted by atomic mass is 10.1. The fourth-order valence-electron chi connectivity index (χ4n) is 2.31. The molecule has 0 bridgehead atoms. The molecule has 0 aliphatic carbocycles. The van der Waals surface area contributed by atoms with Gasteiger partial charge in [-0.3, -0.25) is 5.10 Å². The number of aryl methyl sites for hydroxylation is 1. The van der Waals surface area contributed by atoms with Crippen LogP contribution in [0.3, 0.4) is 0 Å². The van der Waals surface area contributed by atoms with Crippen molar-refractivity contribution < 1.29 is 0 Å². The average Bonchev–Trinajstić information content (AvgIpc) is 2.70. The predicted molar refractivity (Wildman–Crippen MR) is 62.6 cm³/mol. The van der Waals surface area contributed by atoms with Crippen LogP contribution in [0.2, 0.25) is 0 Å². The maximum Gasteiger partial charge on any atom is 0.126 e. The van der Waals surface area contributed by atoms with Crippen LogP contribution in [0, 0.1) is 6.92 Å². The molecule has 0 aliphatic heterocycles. The van der Waals surface area contributed by atoms with Crippen LogP contribution in [0.5, 0.6) is 0 Å². The summed E-state index contributed by atoms with van der Waals surface area (Å²) in [6.07, 6.45) is 0. The lowest BCUT2D eigenvalue weighted by Crippen LogP contribution is -1.91. The van der Waals surface area contributed by atoms with Crippen molar-refractivity contribution in [2.75, 3.05) is 0 Å². The maximum absolute atomic E-state index is 4.45. The Labute approximate surface area is 90.7 Å². The first-order chi connectivity index (χ1) is 7.83. The monoisotopic (exact) mass is 208 g/mol. The Kier molecular flexibility index (Phi) is 1.23. The summed E-state index contributed by atoms with van der Waals surface area (Å²) >= 11 is 0. The molecule has 0 saturated heterocycles. The molecule has 0 saturated carbocycles. The van der Waals surface area contributed by atoms with E-state index in [1.165, 1.54) is 0 Å². The summed E-state index contributed by atoms with van der Waals surface area (Å²) in [6, 6.07) is 8.02. The van der Waals surface area contributed by atoms with E-state index >= 15 is 0 Å². The van der Waals surface area contributed by atoms with Gasteiger partial charge in [-0.05, 0) is 31.2 Å². The Balaban J connectivity index is 2.47. The summed E-state index contributed by atoms with van der Waals surface area (Å²) in [5.41, 5.74) is 3.99. The molecule has 0 aliphatic rings. The lowest BCUT2D eigenvalue weighted by Gasteiger charge is -2.04. The number of aromatic amines is 1. The third kappa shape index (κ3) is 0.821. The highest BCUT2D eigenvalue weighted by Crippen LogP contribution is 2.30. The van der Waals surface area contributed by atoms with Gasteiger partial charge in [0.25, 0.3) is 0 Å². The summed E-state index contributed by atoms with van der Waals surface area (Å²) in [7, 11) is 0. The zero-order valence-electron chi connectivity index (χ0n) is 8.65. The van der Waals surface area contributed by atoms with Crippen LogP contribution in [0.1, 0.15) is 5.82 Å². The molecule has 2 aromatic carbocycles. The molecule has 4 aromatic rings. The van der Waals surface area contributed by atoms with Crippen molar-refractivity contribution in [3.8, 4) is 0 Å². The largest absolute Gasteiger partial charge is 0.277 e. The Morgan fingerprint density at radius 2 is 1.56 bits per heavy atom. The van der Waals surface area contributed by atoms with Crippen molar-refractivity contribution in [3.05, 3.63) is 30.1 Å². The SMILES string of the molecule is Cc1nc2ccc3n[nH]c4ccc(n1)c2c34. The molecule has 1 N–H and O–H groups in total. The number of H-pyrrole nitrogens is 1. The Bertz CT molecular complexity index is 752. The molecule has 4 rings (SSSR count). The van der Waals surface area contributed by atoms with Crippen molar-refractivity contribution in [2.24, 2.45) is 0 Å². The first-order valence-corrected chi connectivity index (χ1v) is 5.16. The fraction of sp³-hybridized carbons (Fsp3) is 0.0833. The molecule has 0 unspecified atom stereocenters. The highest BCUT2D eigenvalue weighted by Gasteiger charge is 2.11. The number of nitrogens with one attached hydrogen (secondary N) is 1.